The first-order chi connectivity index (χ1) is 15.3. The summed E-state index contributed by atoms with van der Waals surface area (Å²) in [5, 5.41) is 2.77. The number of ether oxygens (including phenoxy) is 2. The van der Waals surface area contributed by atoms with Crippen molar-refractivity contribution in [2.75, 3.05) is 31.6 Å². The van der Waals surface area contributed by atoms with Gasteiger partial charge in [0.2, 0.25) is 0 Å². The highest BCUT2D eigenvalue weighted by atomic mass is 32.2. The topological polar surface area (TPSA) is 84.9 Å². The van der Waals surface area contributed by atoms with Crippen molar-refractivity contribution in [3.8, 4) is 11.5 Å². The van der Waals surface area contributed by atoms with E-state index in [0.29, 0.717) is 11.5 Å². The third-order valence-electron chi connectivity index (χ3n) is 4.88. The molecule has 0 bridgehead atoms. The number of benzene rings is 3. The molecule has 0 spiro atoms. The molecular weight excluding hydrogens is 428 g/mol. The van der Waals surface area contributed by atoms with E-state index in [1.165, 1.54) is 7.05 Å². The van der Waals surface area contributed by atoms with E-state index in [0.717, 1.165) is 9.87 Å². The van der Waals surface area contributed by atoms with E-state index in [4.69, 9.17) is 9.47 Å². The zero-order valence-corrected chi connectivity index (χ0v) is 19.1. The Morgan fingerprint density at radius 3 is 2.25 bits per heavy atom. The van der Waals surface area contributed by atoms with Crippen molar-refractivity contribution in [3.63, 3.8) is 0 Å². The van der Waals surface area contributed by atoms with E-state index in [2.05, 4.69) is 5.32 Å². The van der Waals surface area contributed by atoms with Gasteiger partial charge in [-0.05, 0) is 43.3 Å². The Bertz CT molecular complexity index is 1180. The number of nitrogens with zero attached hydrogens (tertiary/aromatic N) is 1. The second-order valence-electron chi connectivity index (χ2n) is 7.06. The molecule has 3 aromatic carbocycles. The summed E-state index contributed by atoms with van der Waals surface area (Å²) >= 11 is 0. The third kappa shape index (κ3) is 5.20. The van der Waals surface area contributed by atoms with Crippen LogP contribution in [0.3, 0.4) is 0 Å². The van der Waals surface area contributed by atoms with E-state index in [1.807, 2.05) is 19.1 Å². The Balaban J connectivity index is 1.70. The van der Waals surface area contributed by atoms with Gasteiger partial charge in [-0.1, -0.05) is 42.0 Å². The SMILES string of the molecule is COc1ccccc1OCCNC(=O)c1ccccc1N(C)S(=O)(=O)c1ccc(C)cc1. The van der Waals surface area contributed by atoms with Crippen molar-refractivity contribution in [2.45, 2.75) is 11.8 Å². The zero-order chi connectivity index (χ0) is 23.1. The van der Waals surface area contributed by atoms with Gasteiger partial charge in [-0.15, -0.1) is 0 Å². The molecule has 1 amide bonds. The average molecular weight is 455 g/mol. The largest absolute Gasteiger partial charge is 0.493 e. The van der Waals surface area contributed by atoms with Crippen LogP contribution in [0.15, 0.2) is 77.7 Å². The maximum atomic E-state index is 13.1. The van der Waals surface area contributed by atoms with Crippen LogP contribution in [0.4, 0.5) is 5.69 Å². The second kappa shape index (κ2) is 10.2. The molecule has 1 N–H and O–H groups in total. The number of hydrogen-bond acceptors (Lipinski definition) is 5. The van der Waals surface area contributed by atoms with E-state index in [-0.39, 0.29) is 29.3 Å². The number of methoxy groups -OCH3 is 1. The molecule has 168 valence electrons. The van der Waals surface area contributed by atoms with Crippen molar-refractivity contribution in [3.05, 3.63) is 83.9 Å². The molecule has 7 nitrogen and oxygen atoms in total. The Hall–Kier alpha value is -3.52. The number of rotatable bonds is 9. The lowest BCUT2D eigenvalue weighted by molar-refractivity contribution is 0.0947. The lowest BCUT2D eigenvalue weighted by Gasteiger charge is -2.22. The molecule has 0 fully saturated rings. The van der Waals surface area contributed by atoms with Gasteiger partial charge < -0.3 is 14.8 Å². The van der Waals surface area contributed by atoms with Gasteiger partial charge >= 0.3 is 0 Å². The van der Waals surface area contributed by atoms with Crippen LogP contribution in [-0.2, 0) is 10.0 Å². The molecular formula is C24H26N2O5S. The first-order valence-corrected chi connectivity index (χ1v) is 11.5. The molecule has 0 aliphatic rings. The Kier molecular flexibility index (Phi) is 7.37. The first-order valence-electron chi connectivity index (χ1n) is 10.0. The van der Waals surface area contributed by atoms with Crippen molar-refractivity contribution >= 4 is 21.6 Å². The first kappa shape index (κ1) is 23.1. The number of aryl methyl sites for hydroxylation is 1. The summed E-state index contributed by atoms with van der Waals surface area (Å²) in [6.07, 6.45) is 0. The summed E-state index contributed by atoms with van der Waals surface area (Å²) < 4.78 is 38.1. The molecule has 0 aromatic heterocycles. The number of amides is 1. The molecule has 32 heavy (non-hydrogen) atoms. The van der Waals surface area contributed by atoms with Crippen LogP contribution in [-0.4, -0.2) is 41.6 Å². The number of nitrogens with one attached hydrogen (secondary N) is 1. The van der Waals surface area contributed by atoms with Gasteiger partial charge in [0.15, 0.2) is 11.5 Å². The molecule has 0 aliphatic carbocycles. The zero-order valence-electron chi connectivity index (χ0n) is 18.2. The monoisotopic (exact) mass is 454 g/mol. The fraction of sp³-hybridized carbons (Fsp3) is 0.208. The van der Waals surface area contributed by atoms with Crippen LogP contribution in [0.1, 0.15) is 15.9 Å². The predicted octanol–water partition coefficient (Wildman–Crippen LogP) is 3.64. The van der Waals surface area contributed by atoms with E-state index < -0.39 is 15.9 Å². The standard InChI is InChI=1S/C24H26N2O5S/c1-18-12-14-19(15-13-18)32(28,29)26(2)21-9-5-4-8-20(21)24(27)25-16-17-31-23-11-7-6-10-22(23)30-3/h4-15H,16-17H2,1-3H3,(H,25,27). The quantitative estimate of drug-likeness (QED) is 0.499. The molecule has 3 aromatic rings. The summed E-state index contributed by atoms with van der Waals surface area (Å²) in [6.45, 7) is 2.35. The van der Waals surface area contributed by atoms with Crippen molar-refractivity contribution in [2.24, 2.45) is 0 Å². The number of carbonyl (C=O) groups excluding carboxylic acids is 1. The van der Waals surface area contributed by atoms with Gasteiger partial charge in [-0.25, -0.2) is 8.42 Å². The van der Waals surface area contributed by atoms with Gasteiger partial charge in [0.05, 0.1) is 29.8 Å². The highest BCUT2D eigenvalue weighted by Crippen LogP contribution is 2.27. The minimum Gasteiger partial charge on any atom is -0.493 e. The lowest BCUT2D eigenvalue weighted by Crippen LogP contribution is -2.32. The molecule has 0 unspecified atom stereocenters. The third-order valence-corrected chi connectivity index (χ3v) is 6.67. The maximum Gasteiger partial charge on any atom is 0.264 e. The van der Waals surface area contributed by atoms with Gasteiger partial charge in [0.1, 0.15) is 6.61 Å². The van der Waals surface area contributed by atoms with E-state index >= 15 is 0 Å². The summed E-state index contributed by atoms with van der Waals surface area (Å²) in [5.74, 6) is 0.788. The van der Waals surface area contributed by atoms with Crippen LogP contribution < -0.4 is 19.1 Å². The van der Waals surface area contributed by atoms with Crippen LogP contribution in [0.25, 0.3) is 0 Å². The van der Waals surface area contributed by atoms with E-state index in [9.17, 15) is 13.2 Å². The number of carbonyl (C=O) groups is 1. The highest BCUT2D eigenvalue weighted by Gasteiger charge is 2.24. The van der Waals surface area contributed by atoms with Crippen LogP contribution in [0.2, 0.25) is 0 Å². The lowest BCUT2D eigenvalue weighted by atomic mass is 10.1. The summed E-state index contributed by atoms with van der Waals surface area (Å²) in [7, 11) is -0.825. The Morgan fingerprint density at radius 1 is 0.938 bits per heavy atom. The molecule has 0 saturated heterocycles. The minimum absolute atomic E-state index is 0.158. The Morgan fingerprint density at radius 2 is 1.56 bits per heavy atom. The normalized spacial score (nSPS) is 11.0. The molecule has 0 atom stereocenters. The van der Waals surface area contributed by atoms with Crippen LogP contribution in [0.5, 0.6) is 11.5 Å². The molecule has 8 heteroatoms. The van der Waals surface area contributed by atoms with Crippen LogP contribution >= 0.6 is 0 Å². The Labute approximate surface area is 188 Å². The summed E-state index contributed by atoms with van der Waals surface area (Å²) in [5.41, 5.74) is 1.50. The highest BCUT2D eigenvalue weighted by molar-refractivity contribution is 7.92. The van der Waals surface area contributed by atoms with Crippen molar-refractivity contribution in [1.82, 2.24) is 5.32 Å². The number of hydrogen-bond donors (Lipinski definition) is 1. The summed E-state index contributed by atoms with van der Waals surface area (Å²) in [6, 6.07) is 20.4. The van der Waals surface area contributed by atoms with Crippen molar-refractivity contribution in [1.29, 1.82) is 0 Å². The smallest absolute Gasteiger partial charge is 0.264 e. The van der Waals surface area contributed by atoms with Gasteiger partial charge in [-0.3, -0.25) is 9.10 Å². The fourth-order valence-corrected chi connectivity index (χ4v) is 4.31. The second-order valence-corrected chi connectivity index (χ2v) is 9.03. The van der Waals surface area contributed by atoms with Crippen molar-refractivity contribution < 1.29 is 22.7 Å². The maximum absolute atomic E-state index is 13.1. The van der Waals surface area contributed by atoms with Gasteiger partial charge in [-0.2, -0.15) is 0 Å². The molecule has 0 aliphatic heterocycles. The van der Waals surface area contributed by atoms with Crippen LogP contribution in [0, 0.1) is 6.92 Å². The number of para-hydroxylation sites is 3. The molecule has 3 rings (SSSR count). The number of anilines is 1. The molecule has 0 saturated carbocycles. The molecule has 0 heterocycles. The fourth-order valence-electron chi connectivity index (χ4n) is 3.10. The van der Waals surface area contributed by atoms with Gasteiger partial charge in [0, 0.05) is 7.05 Å². The molecule has 0 radical (unpaired) electrons. The average Bonchev–Trinajstić information content (AvgIpc) is 2.81. The summed E-state index contributed by atoms with van der Waals surface area (Å²) in [4.78, 5) is 13.0. The predicted molar refractivity (Wildman–Crippen MR) is 124 cm³/mol. The minimum atomic E-state index is -3.82. The number of sulfonamides is 1. The van der Waals surface area contributed by atoms with E-state index in [1.54, 1.807) is 67.8 Å². The van der Waals surface area contributed by atoms with Gasteiger partial charge in [0.25, 0.3) is 15.9 Å².